The molecule has 2 heterocycles. The molecule has 1 atom stereocenters. The van der Waals surface area contributed by atoms with E-state index in [-0.39, 0.29) is 16.0 Å². The quantitative estimate of drug-likeness (QED) is 0.416. The van der Waals surface area contributed by atoms with Crippen molar-refractivity contribution in [3.8, 4) is 0 Å². The number of carbonyl (C=O) groups is 1. The second kappa shape index (κ2) is 10.5. The number of halogens is 4. The first kappa shape index (κ1) is 26.2. The molecule has 0 saturated carbocycles. The number of rotatable bonds is 8. The number of hydrogen-bond acceptors (Lipinski definition) is 5. The first-order chi connectivity index (χ1) is 15.9. The number of hydrogen-bond donors (Lipinski definition) is 1. The third kappa shape index (κ3) is 6.00. The van der Waals surface area contributed by atoms with Crippen LogP contribution in [-0.4, -0.2) is 44.0 Å². The van der Waals surface area contributed by atoms with E-state index in [0.29, 0.717) is 30.0 Å². The summed E-state index contributed by atoms with van der Waals surface area (Å²) in [7, 11) is -3.52. The molecule has 1 N–H and O–H groups in total. The second-order valence-corrected chi connectivity index (χ2v) is 10.5. The van der Waals surface area contributed by atoms with E-state index < -0.39 is 32.9 Å². The molecule has 1 fully saturated rings. The lowest BCUT2D eigenvalue weighted by Gasteiger charge is -2.30. The van der Waals surface area contributed by atoms with Gasteiger partial charge < -0.3 is 10.2 Å². The summed E-state index contributed by atoms with van der Waals surface area (Å²) in [4.78, 5) is 18.5. The molecule has 12 heteroatoms. The molecule has 1 aliphatic rings. The van der Waals surface area contributed by atoms with Gasteiger partial charge in [0.25, 0.3) is 10.0 Å². The van der Waals surface area contributed by atoms with Crippen molar-refractivity contribution in [3.05, 3.63) is 53.2 Å². The van der Waals surface area contributed by atoms with Crippen LogP contribution in [-0.2, 0) is 26.7 Å². The van der Waals surface area contributed by atoms with Crippen LogP contribution in [0.5, 0.6) is 0 Å². The van der Waals surface area contributed by atoms with Gasteiger partial charge in [-0.05, 0) is 66.1 Å². The van der Waals surface area contributed by atoms with Crippen molar-refractivity contribution in [1.82, 2.24) is 14.8 Å². The van der Waals surface area contributed by atoms with Gasteiger partial charge in [-0.15, -0.1) is 4.48 Å². The minimum atomic E-state index is -4.30. The van der Waals surface area contributed by atoms with E-state index in [0.717, 1.165) is 32.4 Å². The summed E-state index contributed by atoms with van der Waals surface area (Å²) >= 11 is 5.17. The molecule has 0 radical (unpaired) electrons. The minimum absolute atomic E-state index is 0.0291. The number of nitrogens with one attached hydrogen (secondary N) is 1. The minimum Gasteiger partial charge on any atom is -0.356 e. The summed E-state index contributed by atoms with van der Waals surface area (Å²) in [5.74, 6) is -0.818. The Labute approximate surface area is 201 Å². The monoisotopic (exact) mass is 518 g/mol. The lowest BCUT2D eigenvalue weighted by molar-refractivity contribution is -0.122. The van der Waals surface area contributed by atoms with E-state index in [9.17, 15) is 26.5 Å². The van der Waals surface area contributed by atoms with Crippen LogP contribution in [0.25, 0.3) is 0 Å². The van der Waals surface area contributed by atoms with E-state index in [1.54, 1.807) is 13.0 Å². The fourth-order valence-electron chi connectivity index (χ4n) is 3.73. The van der Waals surface area contributed by atoms with Gasteiger partial charge in [-0.2, -0.15) is 8.78 Å². The number of alkyl halides is 3. The Morgan fingerprint density at radius 2 is 1.91 bits per heavy atom. The van der Waals surface area contributed by atoms with Crippen LogP contribution in [0, 0.1) is 0 Å². The van der Waals surface area contributed by atoms with E-state index in [1.165, 1.54) is 24.3 Å². The number of amides is 1. The van der Waals surface area contributed by atoms with E-state index in [2.05, 4.69) is 10.3 Å². The van der Waals surface area contributed by atoms with E-state index >= 15 is 0 Å². The van der Waals surface area contributed by atoms with Crippen molar-refractivity contribution < 1.29 is 26.5 Å². The van der Waals surface area contributed by atoms with Crippen LogP contribution in [0.15, 0.2) is 41.3 Å². The van der Waals surface area contributed by atoms with E-state index in [1.807, 2.05) is 4.90 Å². The van der Waals surface area contributed by atoms with Crippen molar-refractivity contribution in [2.45, 2.75) is 48.9 Å². The zero-order valence-electron chi connectivity index (χ0n) is 18.8. The number of benzene rings is 1. The lowest BCUT2D eigenvalue weighted by Crippen LogP contribution is -2.33. The molecule has 1 unspecified atom stereocenters. The first-order valence-corrected chi connectivity index (χ1v) is 12.6. The van der Waals surface area contributed by atoms with Gasteiger partial charge in [-0.1, -0.05) is 18.2 Å². The van der Waals surface area contributed by atoms with Gasteiger partial charge in [0.2, 0.25) is 5.91 Å². The molecule has 186 valence electrons. The fourth-order valence-corrected chi connectivity index (χ4v) is 4.66. The van der Waals surface area contributed by atoms with Crippen LogP contribution in [0.1, 0.15) is 48.9 Å². The van der Waals surface area contributed by atoms with Crippen molar-refractivity contribution in [1.29, 1.82) is 0 Å². The molecule has 1 aliphatic heterocycles. The molecule has 7 nitrogen and oxygen atoms in total. The Kier molecular flexibility index (Phi) is 8.10. The van der Waals surface area contributed by atoms with Gasteiger partial charge in [-0.25, -0.2) is 13.4 Å². The number of pyridine rings is 1. The van der Waals surface area contributed by atoms with Crippen molar-refractivity contribution in [3.63, 3.8) is 0 Å². The highest BCUT2D eigenvalue weighted by atomic mass is 35.5. The van der Waals surface area contributed by atoms with E-state index in [4.69, 9.17) is 11.6 Å². The van der Waals surface area contributed by atoms with Crippen LogP contribution < -0.4 is 10.2 Å². The highest BCUT2D eigenvalue weighted by Gasteiger charge is 2.31. The first-order valence-electron chi connectivity index (χ1n) is 10.8. The largest absolute Gasteiger partial charge is 0.364 e. The SMILES string of the molecule is CC(C(=O)NCc1ccc(C(F)(F)Cl)nc1N1CCCCC1)c1cccc(S(=O)(=O)N(C)F)c1. The molecule has 1 amide bonds. The van der Waals surface area contributed by atoms with Gasteiger partial charge in [-0.3, -0.25) is 4.79 Å². The number of aromatic nitrogens is 1. The third-order valence-corrected chi connectivity index (χ3v) is 7.44. The number of sulfonamides is 1. The molecule has 0 spiro atoms. The number of piperidine rings is 1. The summed E-state index contributed by atoms with van der Waals surface area (Å²) in [5.41, 5.74) is 0.378. The summed E-state index contributed by atoms with van der Waals surface area (Å²) in [6.45, 7) is 2.93. The van der Waals surface area contributed by atoms with Crippen LogP contribution in [0.3, 0.4) is 0 Å². The Hall–Kier alpha value is -2.37. The molecule has 0 bridgehead atoms. The molecule has 1 saturated heterocycles. The Balaban J connectivity index is 1.79. The maximum absolute atomic E-state index is 13.7. The maximum atomic E-state index is 13.7. The summed E-state index contributed by atoms with van der Waals surface area (Å²) in [6, 6.07) is 8.08. The Morgan fingerprint density at radius 1 is 1.24 bits per heavy atom. The molecule has 34 heavy (non-hydrogen) atoms. The van der Waals surface area contributed by atoms with Crippen LogP contribution in [0.4, 0.5) is 19.1 Å². The number of carbonyl (C=O) groups excluding carboxylic acids is 1. The third-order valence-electron chi connectivity index (χ3n) is 5.74. The Morgan fingerprint density at radius 3 is 2.53 bits per heavy atom. The maximum Gasteiger partial charge on any atom is 0.364 e. The highest BCUT2D eigenvalue weighted by molar-refractivity contribution is 7.89. The summed E-state index contributed by atoms with van der Waals surface area (Å²) in [6.07, 6.45) is 2.84. The average Bonchev–Trinajstić information content (AvgIpc) is 2.81. The smallest absolute Gasteiger partial charge is 0.356 e. The van der Waals surface area contributed by atoms with Crippen molar-refractivity contribution >= 4 is 33.3 Å². The number of nitrogens with zero attached hydrogens (tertiary/aromatic N) is 3. The fraction of sp³-hybridized carbons (Fsp3) is 0.455. The van der Waals surface area contributed by atoms with Gasteiger partial charge in [0.15, 0.2) is 0 Å². The normalized spacial score (nSPS) is 15.9. The second-order valence-electron chi connectivity index (χ2n) is 8.13. The standard InChI is InChI=1S/C22H26ClF3N4O3S/c1-15(16-7-6-8-18(13-16)34(32,33)29(2)26)21(31)27-14-17-9-10-19(22(23,24)25)28-20(17)30-11-4-3-5-12-30/h6-10,13,15H,3-5,11-12,14H2,1-2H3,(H,27,31). The highest BCUT2D eigenvalue weighted by Crippen LogP contribution is 2.34. The van der Waals surface area contributed by atoms with Crippen LogP contribution >= 0.6 is 11.6 Å². The van der Waals surface area contributed by atoms with Gasteiger partial charge in [0, 0.05) is 32.2 Å². The number of anilines is 1. The van der Waals surface area contributed by atoms with Crippen LogP contribution in [0.2, 0.25) is 0 Å². The van der Waals surface area contributed by atoms with Gasteiger partial charge in [0.1, 0.15) is 11.5 Å². The Bertz CT molecular complexity index is 1140. The zero-order valence-corrected chi connectivity index (χ0v) is 20.3. The average molecular weight is 519 g/mol. The summed E-state index contributed by atoms with van der Waals surface area (Å²) < 4.78 is 64.4. The zero-order chi connectivity index (χ0) is 25.1. The topological polar surface area (TPSA) is 82.6 Å². The molecular formula is C22H26ClF3N4O3S. The molecule has 1 aromatic carbocycles. The molecule has 3 rings (SSSR count). The molecular weight excluding hydrogens is 493 g/mol. The predicted octanol–water partition coefficient (Wildman–Crippen LogP) is 4.28. The van der Waals surface area contributed by atoms with Crippen molar-refractivity contribution in [2.75, 3.05) is 25.0 Å². The van der Waals surface area contributed by atoms with Gasteiger partial charge in [0.05, 0.1) is 10.8 Å². The predicted molar refractivity (Wildman–Crippen MR) is 123 cm³/mol. The molecule has 1 aromatic heterocycles. The molecule has 0 aliphatic carbocycles. The lowest BCUT2D eigenvalue weighted by atomic mass is 10.0. The summed E-state index contributed by atoms with van der Waals surface area (Å²) in [5, 5.41) is -0.855. The van der Waals surface area contributed by atoms with Crippen molar-refractivity contribution in [2.24, 2.45) is 0 Å². The van der Waals surface area contributed by atoms with Gasteiger partial charge >= 0.3 is 5.38 Å². The molecule has 2 aromatic rings.